The molecule has 0 aliphatic heterocycles. The molecule has 0 aliphatic rings. The van der Waals surface area contributed by atoms with Crippen molar-refractivity contribution < 1.29 is 31.5 Å². The molecule has 46 heavy (non-hydrogen) atoms. The second kappa shape index (κ2) is 16.0. The van der Waals surface area contributed by atoms with E-state index >= 15 is 0 Å². The normalized spacial score (nSPS) is 11.8. The predicted octanol–water partition coefficient (Wildman–Crippen LogP) is 5.73. The Bertz CT molecular complexity index is 1690. The SMILES string of the molecule is CCCNC(=O)C(Cc1ccccc1)N(Cc1ccc(F)cc1)C(=O)CN(c1ccc(F)cc1)S(=O)(=O)c1ccc(OCC)cc1. The molecule has 1 unspecified atom stereocenters. The van der Waals surface area contributed by atoms with E-state index in [9.17, 15) is 26.8 Å². The lowest BCUT2D eigenvalue weighted by Gasteiger charge is -2.34. The Labute approximate surface area is 268 Å². The van der Waals surface area contributed by atoms with Gasteiger partial charge in [0.05, 0.1) is 17.2 Å². The zero-order valence-electron chi connectivity index (χ0n) is 25.7. The number of halogens is 2. The summed E-state index contributed by atoms with van der Waals surface area (Å²) in [6, 6.07) is 24.1. The van der Waals surface area contributed by atoms with Gasteiger partial charge in [-0.1, -0.05) is 49.4 Å². The molecule has 0 saturated carbocycles. The van der Waals surface area contributed by atoms with E-state index in [2.05, 4.69) is 5.32 Å². The van der Waals surface area contributed by atoms with Gasteiger partial charge in [-0.25, -0.2) is 17.2 Å². The van der Waals surface area contributed by atoms with Crippen LogP contribution in [0.25, 0.3) is 0 Å². The van der Waals surface area contributed by atoms with Gasteiger partial charge in [-0.2, -0.15) is 0 Å². The van der Waals surface area contributed by atoms with Gasteiger partial charge in [0, 0.05) is 19.5 Å². The molecule has 4 rings (SSSR count). The highest BCUT2D eigenvalue weighted by molar-refractivity contribution is 7.92. The highest BCUT2D eigenvalue weighted by Crippen LogP contribution is 2.27. The van der Waals surface area contributed by atoms with Crippen LogP contribution in [-0.2, 0) is 32.6 Å². The van der Waals surface area contributed by atoms with Crippen LogP contribution in [0, 0.1) is 11.6 Å². The van der Waals surface area contributed by atoms with Crippen molar-refractivity contribution in [3.8, 4) is 5.75 Å². The first kappa shape index (κ1) is 34.1. The first-order chi connectivity index (χ1) is 22.1. The van der Waals surface area contributed by atoms with E-state index in [1.807, 2.05) is 37.3 Å². The molecule has 2 amide bonds. The number of nitrogens with zero attached hydrogens (tertiary/aromatic N) is 2. The molecule has 4 aromatic carbocycles. The summed E-state index contributed by atoms with van der Waals surface area (Å²) >= 11 is 0. The van der Waals surface area contributed by atoms with E-state index in [4.69, 9.17) is 4.74 Å². The number of benzene rings is 4. The number of carbonyl (C=O) groups is 2. The Hall–Kier alpha value is -4.77. The summed E-state index contributed by atoms with van der Waals surface area (Å²) in [6.07, 6.45) is 0.805. The first-order valence-corrected chi connectivity index (χ1v) is 16.4. The quantitative estimate of drug-likeness (QED) is 0.178. The van der Waals surface area contributed by atoms with Crippen molar-refractivity contribution in [3.05, 3.63) is 126 Å². The summed E-state index contributed by atoms with van der Waals surface area (Å²) in [5.41, 5.74) is 1.38. The molecular formula is C35H37F2N3O5S. The van der Waals surface area contributed by atoms with E-state index in [1.165, 1.54) is 65.6 Å². The Morgan fingerprint density at radius 2 is 1.41 bits per heavy atom. The van der Waals surface area contributed by atoms with E-state index < -0.39 is 46.1 Å². The number of amides is 2. The molecule has 242 valence electrons. The third kappa shape index (κ3) is 8.91. The highest BCUT2D eigenvalue weighted by Gasteiger charge is 2.34. The van der Waals surface area contributed by atoms with Gasteiger partial charge in [0.25, 0.3) is 10.0 Å². The summed E-state index contributed by atoms with van der Waals surface area (Å²) in [5.74, 6) is -1.67. The minimum absolute atomic E-state index is 0.0559. The van der Waals surface area contributed by atoms with Gasteiger partial charge in [-0.05, 0) is 85.1 Å². The summed E-state index contributed by atoms with van der Waals surface area (Å²) in [5, 5.41) is 2.87. The Morgan fingerprint density at radius 1 is 0.804 bits per heavy atom. The number of nitrogens with one attached hydrogen (secondary N) is 1. The Morgan fingerprint density at radius 3 is 2.00 bits per heavy atom. The van der Waals surface area contributed by atoms with Gasteiger partial charge in [0.1, 0.15) is 30.0 Å². The van der Waals surface area contributed by atoms with Gasteiger partial charge in [0.2, 0.25) is 11.8 Å². The zero-order valence-corrected chi connectivity index (χ0v) is 26.6. The topological polar surface area (TPSA) is 96.0 Å². The van der Waals surface area contributed by atoms with Crippen LogP contribution in [0.3, 0.4) is 0 Å². The fourth-order valence-corrected chi connectivity index (χ4v) is 6.26. The number of anilines is 1. The fourth-order valence-electron chi connectivity index (χ4n) is 4.84. The van der Waals surface area contributed by atoms with E-state index in [1.54, 1.807) is 6.92 Å². The maximum Gasteiger partial charge on any atom is 0.264 e. The number of carbonyl (C=O) groups excluding carboxylic acids is 2. The molecule has 0 spiro atoms. The molecule has 0 fully saturated rings. The van der Waals surface area contributed by atoms with Crippen molar-refractivity contribution in [2.45, 2.75) is 44.2 Å². The minimum atomic E-state index is -4.37. The van der Waals surface area contributed by atoms with Crippen molar-refractivity contribution >= 4 is 27.5 Å². The molecule has 11 heteroatoms. The largest absolute Gasteiger partial charge is 0.494 e. The van der Waals surface area contributed by atoms with Crippen LogP contribution >= 0.6 is 0 Å². The highest BCUT2D eigenvalue weighted by atomic mass is 32.2. The number of sulfonamides is 1. The molecule has 4 aromatic rings. The number of hydrogen-bond donors (Lipinski definition) is 1. The van der Waals surface area contributed by atoms with Crippen molar-refractivity contribution in [2.75, 3.05) is 24.0 Å². The molecular weight excluding hydrogens is 612 g/mol. The monoisotopic (exact) mass is 649 g/mol. The minimum Gasteiger partial charge on any atom is -0.494 e. The summed E-state index contributed by atoms with van der Waals surface area (Å²) in [6.45, 7) is 3.67. The average molecular weight is 650 g/mol. The number of ether oxygens (including phenoxy) is 1. The molecule has 8 nitrogen and oxygen atoms in total. The average Bonchev–Trinajstić information content (AvgIpc) is 3.06. The lowest BCUT2D eigenvalue weighted by molar-refractivity contribution is -0.140. The smallest absolute Gasteiger partial charge is 0.264 e. The second-order valence-electron chi connectivity index (χ2n) is 10.5. The maximum absolute atomic E-state index is 14.4. The van der Waals surface area contributed by atoms with Crippen LogP contribution in [-0.4, -0.2) is 50.9 Å². The fraction of sp³-hybridized carbons (Fsp3) is 0.257. The number of hydrogen-bond acceptors (Lipinski definition) is 5. The third-order valence-electron chi connectivity index (χ3n) is 7.20. The van der Waals surface area contributed by atoms with Gasteiger partial charge in [-0.3, -0.25) is 13.9 Å². The van der Waals surface area contributed by atoms with Crippen molar-refractivity contribution in [3.63, 3.8) is 0 Å². The predicted molar refractivity (Wildman–Crippen MR) is 173 cm³/mol. The van der Waals surface area contributed by atoms with Crippen LogP contribution in [0.1, 0.15) is 31.4 Å². The van der Waals surface area contributed by atoms with E-state index in [-0.39, 0.29) is 23.5 Å². The van der Waals surface area contributed by atoms with Crippen LogP contribution in [0.2, 0.25) is 0 Å². The molecule has 0 radical (unpaired) electrons. The van der Waals surface area contributed by atoms with Crippen LogP contribution < -0.4 is 14.4 Å². The zero-order chi connectivity index (χ0) is 33.1. The molecule has 0 heterocycles. The maximum atomic E-state index is 14.4. The molecule has 0 bridgehead atoms. The van der Waals surface area contributed by atoms with Gasteiger partial charge in [0.15, 0.2) is 0 Å². The van der Waals surface area contributed by atoms with E-state index in [0.29, 0.717) is 30.9 Å². The third-order valence-corrected chi connectivity index (χ3v) is 8.99. The molecule has 1 N–H and O–H groups in total. The lowest BCUT2D eigenvalue weighted by Crippen LogP contribution is -2.53. The summed E-state index contributed by atoms with van der Waals surface area (Å²) in [4.78, 5) is 29.2. The summed E-state index contributed by atoms with van der Waals surface area (Å²) < 4.78 is 62.2. The second-order valence-corrected chi connectivity index (χ2v) is 12.4. The Kier molecular flexibility index (Phi) is 11.9. The van der Waals surface area contributed by atoms with E-state index in [0.717, 1.165) is 22.0 Å². The van der Waals surface area contributed by atoms with Crippen LogP contribution in [0.4, 0.5) is 14.5 Å². The molecule has 0 aromatic heterocycles. The van der Waals surface area contributed by atoms with Gasteiger partial charge in [-0.15, -0.1) is 0 Å². The standard InChI is InChI=1S/C35H37F2N3O5S/c1-3-22-38-35(42)33(23-26-8-6-5-7-9-26)39(24-27-10-12-28(36)13-11-27)34(41)25-40(30-16-14-29(37)15-17-30)46(43,44)32-20-18-31(19-21-32)45-4-2/h5-21,33H,3-4,22-25H2,1-2H3,(H,38,42). The molecule has 0 aliphatic carbocycles. The van der Waals surface area contributed by atoms with Crippen molar-refractivity contribution in [2.24, 2.45) is 0 Å². The van der Waals surface area contributed by atoms with Gasteiger partial charge < -0.3 is 15.0 Å². The van der Waals surface area contributed by atoms with Crippen LogP contribution in [0.5, 0.6) is 5.75 Å². The van der Waals surface area contributed by atoms with Crippen molar-refractivity contribution in [1.29, 1.82) is 0 Å². The number of rotatable bonds is 15. The lowest BCUT2D eigenvalue weighted by atomic mass is 10.0. The molecule has 1 atom stereocenters. The Balaban J connectivity index is 1.78. The first-order valence-electron chi connectivity index (χ1n) is 15.0. The van der Waals surface area contributed by atoms with Crippen LogP contribution in [0.15, 0.2) is 108 Å². The van der Waals surface area contributed by atoms with Gasteiger partial charge >= 0.3 is 0 Å². The summed E-state index contributed by atoms with van der Waals surface area (Å²) in [7, 11) is -4.37. The van der Waals surface area contributed by atoms with Crippen molar-refractivity contribution in [1.82, 2.24) is 10.2 Å². The molecule has 0 saturated heterocycles.